The molecular formula is C13H19N5OS3. The van der Waals surface area contributed by atoms with Crippen LogP contribution in [0.1, 0.15) is 37.9 Å². The van der Waals surface area contributed by atoms with E-state index in [1.807, 2.05) is 0 Å². The van der Waals surface area contributed by atoms with Crippen molar-refractivity contribution >= 4 is 39.8 Å². The second kappa shape index (κ2) is 8.19. The number of aromatic nitrogens is 4. The van der Waals surface area contributed by atoms with Gasteiger partial charge < -0.3 is 10.1 Å². The molecule has 0 radical (unpaired) electrons. The molecule has 9 heteroatoms. The minimum absolute atomic E-state index is 0.557. The normalized spacial score (nSPS) is 16.0. The standard InChI is InChI=1S/C13H19N5OS3/c1-19-8-7-10-15-12(22-18-10)21-13-17-16-11(20-13)14-9-5-3-2-4-6-9/h9H,2-8H2,1H3,(H,14,16). The Morgan fingerprint density at radius 1 is 1.23 bits per heavy atom. The summed E-state index contributed by atoms with van der Waals surface area (Å²) in [6, 6.07) is 0.557. The number of hydrogen-bond donors (Lipinski definition) is 1. The van der Waals surface area contributed by atoms with E-state index >= 15 is 0 Å². The first kappa shape index (κ1) is 16.1. The van der Waals surface area contributed by atoms with Crippen molar-refractivity contribution in [3.63, 3.8) is 0 Å². The van der Waals surface area contributed by atoms with Crippen molar-refractivity contribution in [3.8, 4) is 0 Å². The zero-order chi connectivity index (χ0) is 15.2. The first-order valence-corrected chi connectivity index (χ1v) is 9.83. The highest BCUT2D eigenvalue weighted by molar-refractivity contribution is 8.02. The molecule has 0 unspecified atom stereocenters. The van der Waals surface area contributed by atoms with Gasteiger partial charge in [-0.25, -0.2) is 4.98 Å². The monoisotopic (exact) mass is 357 g/mol. The molecule has 120 valence electrons. The molecule has 1 aliphatic carbocycles. The zero-order valence-corrected chi connectivity index (χ0v) is 14.9. The van der Waals surface area contributed by atoms with Crippen LogP contribution in [0.4, 0.5) is 5.13 Å². The van der Waals surface area contributed by atoms with Gasteiger partial charge in [-0.3, -0.25) is 0 Å². The number of ether oxygens (including phenoxy) is 1. The third-order valence-corrected chi connectivity index (χ3v) is 6.19. The van der Waals surface area contributed by atoms with Gasteiger partial charge in [0.05, 0.1) is 6.61 Å². The van der Waals surface area contributed by atoms with E-state index in [0.717, 1.165) is 26.1 Å². The maximum atomic E-state index is 5.04. The molecule has 6 nitrogen and oxygen atoms in total. The molecule has 0 aliphatic heterocycles. The molecule has 2 aromatic rings. The third kappa shape index (κ3) is 4.61. The van der Waals surface area contributed by atoms with E-state index < -0.39 is 0 Å². The number of hydrogen-bond acceptors (Lipinski definition) is 9. The SMILES string of the molecule is COCCc1nsc(Sc2nnc(NC3CCCCC3)s2)n1. The summed E-state index contributed by atoms with van der Waals surface area (Å²) in [6.45, 7) is 0.648. The average molecular weight is 358 g/mol. The van der Waals surface area contributed by atoms with Crippen LogP contribution in [0.2, 0.25) is 0 Å². The molecule has 0 bridgehead atoms. The van der Waals surface area contributed by atoms with Crippen molar-refractivity contribution < 1.29 is 4.74 Å². The Balaban J connectivity index is 1.53. The topological polar surface area (TPSA) is 72.8 Å². The number of nitrogens with zero attached hydrogens (tertiary/aromatic N) is 4. The van der Waals surface area contributed by atoms with Crippen LogP contribution in [0, 0.1) is 0 Å². The van der Waals surface area contributed by atoms with E-state index in [1.165, 1.54) is 55.4 Å². The Bertz CT molecular complexity index is 582. The molecule has 1 N–H and O–H groups in total. The van der Waals surface area contributed by atoms with Gasteiger partial charge in [0.25, 0.3) is 0 Å². The van der Waals surface area contributed by atoms with Gasteiger partial charge >= 0.3 is 0 Å². The summed E-state index contributed by atoms with van der Waals surface area (Å²) < 4.78 is 11.2. The zero-order valence-electron chi connectivity index (χ0n) is 12.4. The molecule has 0 spiro atoms. The Morgan fingerprint density at radius 2 is 2.09 bits per heavy atom. The largest absolute Gasteiger partial charge is 0.384 e. The first-order chi connectivity index (χ1) is 10.8. The summed E-state index contributed by atoms with van der Waals surface area (Å²) in [5.41, 5.74) is 0. The van der Waals surface area contributed by atoms with Crippen LogP contribution < -0.4 is 5.32 Å². The number of nitrogens with one attached hydrogen (secondary N) is 1. The lowest BCUT2D eigenvalue weighted by Gasteiger charge is -2.21. The predicted molar refractivity (Wildman–Crippen MR) is 90.0 cm³/mol. The van der Waals surface area contributed by atoms with Crippen molar-refractivity contribution in [2.24, 2.45) is 0 Å². The number of rotatable bonds is 7. The molecule has 0 atom stereocenters. The fraction of sp³-hybridized carbons (Fsp3) is 0.692. The summed E-state index contributed by atoms with van der Waals surface area (Å²) in [4.78, 5) is 4.48. The molecule has 0 aromatic carbocycles. The van der Waals surface area contributed by atoms with E-state index in [9.17, 15) is 0 Å². The van der Waals surface area contributed by atoms with Gasteiger partial charge in [-0.15, -0.1) is 10.2 Å². The molecule has 3 rings (SSSR count). The second-order valence-corrected chi connectivity index (χ2v) is 8.40. The smallest absolute Gasteiger partial charge is 0.206 e. The van der Waals surface area contributed by atoms with Crippen molar-refractivity contribution in [2.75, 3.05) is 19.0 Å². The summed E-state index contributed by atoms with van der Waals surface area (Å²) in [5, 5.41) is 12.9. The highest BCUT2D eigenvalue weighted by Crippen LogP contribution is 2.33. The minimum Gasteiger partial charge on any atom is -0.384 e. The van der Waals surface area contributed by atoms with Gasteiger partial charge in [0.1, 0.15) is 5.82 Å². The Morgan fingerprint density at radius 3 is 2.91 bits per heavy atom. The van der Waals surface area contributed by atoms with Gasteiger partial charge in [-0.1, -0.05) is 30.6 Å². The van der Waals surface area contributed by atoms with E-state index in [1.54, 1.807) is 18.4 Å². The molecule has 22 heavy (non-hydrogen) atoms. The van der Waals surface area contributed by atoms with Crippen LogP contribution in [-0.4, -0.2) is 39.3 Å². The minimum atomic E-state index is 0.557. The summed E-state index contributed by atoms with van der Waals surface area (Å²) in [7, 11) is 1.68. The quantitative estimate of drug-likeness (QED) is 0.813. The first-order valence-electron chi connectivity index (χ1n) is 7.43. The van der Waals surface area contributed by atoms with Crippen molar-refractivity contribution in [1.29, 1.82) is 0 Å². The fourth-order valence-corrected chi connectivity index (χ4v) is 5.07. The molecule has 1 saturated carbocycles. The van der Waals surface area contributed by atoms with Crippen LogP contribution in [0.3, 0.4) is 0 Å². The molecule has 2 aromatic heterocycles. The molecule has 0 saturated heterocycles. The van der Waals surface area contributed by atoms with E-state index in [2.05, 4.69) is 24.9 Å². The summed E-state index contributed by atoms with van der Waals surface area (Å²) in [5.74, 6) is 0.833. The van der Waals surface area contributed by atoms with Gasteiger partial charge in [-0.2, -0.15) is 4.37 Å². The highest BCUT2D eigenvalue weighted by atomic mass is 32.2. The average Bonchev–Trinajstić information content (AvgIpc) is 3.16. The van der Waals surface area contributed by atoms with Crippen LogP contribution in [0.5, 0.6) is 0 Å². The maximum absolute atomic E-state index is 5.04. The van der Waals surface area contributed by atoms with E-state index in [-0.39, 0.29) is 0 Å². The van der Waals surface area contributed by atoms with Crippen LogP contribution in [-0.2, 0) is 11.2 Å². The van der Waals surface area contributed by atoms with Crippen LogP contribution in [0.25, 0.3) is 0 Å². The highest BCUT2D eigenvalue weighted by Gasteiger charge is 2.16. The van der Waals surface area contributed by atoms with Gasteiger partial charge in [0.15, 0.2) is 8.68 Å². The van der Waals surface area contributed by atoms with Crippen molar-refractivity contribution in [3.05, 3.63) is 5.82 Å². The Kier molecular flexibility index (Phi) is 5.99. The fourth-order valence-electron chi connectivity index (χ4n) is 2.38. The Hall–Kier alpha value is -0.770. The van der Waals surface area contributed by atoms with Gasteiger partial charge in [0, 0.05) is 19.6 Å². The van der Waals surface area contributed by atoms with Crippen LogP contribution in [0.15, 0.2) is 8.68 Å². The molecule has 0 amide bonds. The number of anilines is 1. The summed E-state index contributed by atoms with van der Waals surface area (Å²) in [6.07, 6.45) is 7.21. The maximum Gasteiger partial charge on any atom is 0.206 e. The van der Waals surface area contributed by atoms with E-state index in [0.29, 0.717) is 12.6 Å². The molecular weight excluding hydrogens is 338 g/mol. The lowest BCUT2D eigenvalue weighted by molar-refractivity contribution is 0.200. The van der Waals surface area contributed by atoms with Crippen molar-refractivity contribution in [2.45, 2.75) is 53.2 Å². The predicted octanol–water partition coefficient (Wildman–Crippen LogP) is 3.47. The van der Waals surface area contributed by atoms with Crippen molar-refractivity contribution in [1.82, 2.24) is 19.6 Å². The van der Waals surface area contributed by atoms with E-state index in [4.69, 9.17) is 4.74 Å². The molecule has 2 heterocycles. The number of methoxy groups -OCH3 is 1. The summed E-state index contributed by atoms with van der Waals surface area (Å²) >= 11 is 4.53. The second-order valence-electron chi connectivity index (χ2n) is 5.17. The Labute approximate surface area is 142 Å². The van der Waals surface area contributed by atoms with Gasteiger partial charge in [0.2, 0.25) is 5.13 Å². The van der Waals surface area contributed by atoms with Gasteiger partial charge in [-0.05, 0) is 36.1 Å². The lowest BCUT2D eigenvalue weighted by atomic mass is 9.96. The third-order valence-electron chi connectivity index (χ3n) is 3.49. The molecule has 1 fully saturated rings. The molecule has 1 aliphatic rings. The lowest BCUT2D eigenvalue weighted by Crippen LogP contribution is -2.21. The van der Waals surface area contributed by atoms with Crippen LogP contribution >= 0.6 is 34.6 Å².